The SMILES string of the molecule is C=C(NC)SC(c1ccc2oc(N)nc2c1)C(C)C.C=O.NCC1CCCN1C=O. The van der Waals surface area contributed by atoms with Crippen LogP contribution in [0.15, 0.2) is 34.2 Å². The summed E-state index contributed by atoms with van der Waals surface area (Å²) >= 11 is 1.73. The number of nitrogens with zero attached hydrogens (tertiary/aromatic N) is 2. The molecule has 2 unspecified atom stereocenters. The summed E-state index contributed by atoms with van der Waals surface area (Å²) in [6.45, 7) is 11.9. The number of anilines is 1. The highest BCUT2D eigenvalue weighted by Crippen LogP contribution is 2.39. The van der Waals surface area contributed by atoms with Gasteiger partial charge >= 0.3 is 0 Å². The van der Waals surface area contributed by atoms with Crippen LogP contribution in [-0.2, 0) is 9.59 Å². The third-order valence-electron chi connectivity index (χ3n) is 4.74. The second-order valence-corrected chi connectivity index (χ2v) is 8.35. The molecule has 9 heteroatoms. The van der Waals surface area contributed by atoms with Gasteiger partial charge in [0.2, 0.25) is 6.41 Å². The average Bonchev–Trinajstić information content (AvgIpc) is 3.37. The molecule has 1 fully saturated rings. The maximum Gasteiger partial charge on any atom is 0.292 e. The van der Waals surface area contributed by atoms with Crippen LogP contribution < -0.4 is 16.8 Å². The number of carbonyl (C=O) groups excluding carboxylic acids is 2. The molecule has 1 aliphatic rings. The summed E-state index contributed by atoms with van der Waals surface area (Å²) in [4.78, 5) is 24.2. The number of nitrogen functional groups attached to an aromatic ring is 1. The van der Waals surface area contributed by atoms with Gasteiger partial charge in [-0.2, -0.15) is 4.98 Å². The normalized spacial score (nSPS) is 16.3. The Kier molecular flexibility index (Phi) is 11.0. The third-order valence-corrected chi connectivity index (χ3v) is 6.30. The van der Waals surface area contributed by atoms with Crippen molar-refractivity contribution in [1.82, 2.24) is 15.2 Å². The summed E-state index contributed by atoms with van der Waals surface area (Å²) < 4.78 is 5.30. The standard InChI is InChI=1S/C14H19N3OS.C6H12N2O.CH2O/c1-8(2)13(19-9(3)16-4)10-5-6-12-11(7-10)17-14(15)18-12;7-4-6-2-1-3-8(6)5-9;1-2/h5-8,13,16H,3H2,1-2,4H3,(H2,15,17);5-6H,1-4,7H2;1H2. The van der Waals surface area contributed by atoms with Crippen molar-refractivity contribution in [3.8, 4) is 0 Å². The van der Waals surface area contributed by atoms with E-state index in [-0.39, 0.29) is 6.01 Å². The number of hydrogen-bond donors (Lipinski definition) is 3. The highest BCUT2D eigenvalue weighted by Gasteiger charge is 2.20. The first kappa shape index (κ1) is 25.5. The van der Waals surface area contributed by atoms with Gasteiger partial charge in [-0.3, -0.25) is 4.79 Å². The Balaban J connectivity index is 0.000000342. The van der Waals surface area contributed by atoms with E-state index in [9.17, 15) is 4.79 Å². The van der Waals surface area contributed by atoms with Crippen LogP contribution in [0.5, 0.6) is 0 Å². The number of aromatic nitrogens is 1. The molecule has 1 saturated heterocycles. The third kappa shape index (κ3) is 7.07. The lowest BCUT2D eigenvalue weighted by Gasteiger charge is -2.21. The first-order chi connectivity index (χ1) is 14.4. The first-order valence-electron chi connectivity index (χ1n) is 9.78. The zero-order valence-electron chi connectivity index (χ0n) is 18.0. The van der Waals surface area contributed by atoms with E-state index in [2.05, 4.69) is 36.8 Å². The Morgan fingerprint density at radius 2 is 2.17 bits per heavy atom. The van der Waals surface area contributed by atoms with Crippen molar-refractivity contribution in [1.29, 1.82) is 0 Å². The van der Waals surface area contributed by atoms with Gasteiger partial charge in [0.05, 0.1) is 5.03 Å². The van der Waals surface area contributed by atoms with E-state index in [1.165, 1.54) is 5.56 Å². The molecule has 0 aliphatic carbocycles. The second-order valence-electron chi connectivity index (χ2n) is 7.11. The Labute approximate surface area is 182 Å². The molecule has 0 saturated carbocycles. The molecule has 2 atom stereocenters. The van der Waals surface area contributed by atoms with Gasteiger partial charge in [-0.1, -0.05) is 26.5 Å². The van der Waals surface area contributed by atoms with E-state index in [0.717, 1.165) is 41.9 Å². The van der Waals surface area contributed by atoms with Crippen LogP contribution in [0, 0.1) is 5.92 Å². The maximum atomic E-state index is 10.2. The summed E-state index contributed by atoms with van der Waals surface area (Å²) in [7, 11) is 1.88. The van der Waals surface area contributed by atoms with Crippen LogP contribution in [0.1, 0.15) is 37.5 Å². The highest BCUT2D eigenvalue weighted by atomic mass is 32.2. The minimum Gasteiger partial charge on any atom is -0.424 e. The van der Waals surface area contributed by atoms with Gasteiger partial charge in [-0.15, -0.1) is 11.8 Å². The molecule has 8 nitrogen and oxygen atoms in total. The van der Waals surface area contributed by atoms with E-state index in [1.54, 1.807) is 16.7 Å². The molecule has 1 aromatic heterocycles. The van der Waals surface area contributed by atoms with Crippen molar-refractivity contribution in [3.63, 3.8) is 0 Å². The number of carbonyl (C=O) groups is 2. The Morgan fingerprint density at radius 1 is 1.47 bits per heavy atom. The molecule has 5 N–H and O–H groups in total. The van der Waals surface area contributed by atoms with Crippen LogP contribution >= 0.6 is 11.8 Å². The van der Waals surface area contributed by atoms with Gasteiger partial charge in [0, 0.05) is 31.4 Å². The number of rotatable bonds is 7. The van der Waals surface area contributed by atoms with Crippen LogP contribution in [0.2, 0.25) is 0 Å². The Morgan fingerprint density at radius 3 is 2.70 bits per heavy atom. The lowest BCUT2D eigenvalue weighted by atomic mass is 10.0. The number of thioether (sulfide) groups is 1. The van der Waals surface area contributed by atoms with Gasteiger partial charge in [0.25, 0.3) is 6.01 Å². The minimum atomic E-state index is 0.209. The van der Waals surface area contributed by atoms with Crippen molar-refractivity contribution in [2.75, 3.05) is 25.9 Å². The van der Waals surface area contributed by atoms with E-state index in [0.29, 0.717) is 23.8 Å². The number of nitrogens with two attached hydrogens (primary N) is 2. The van der Waals surface area contributed by atoms with Crippen molar-refractivity contribution < 1.29 is 14.0 Å². The molecule has 1 amide bonds. The summed E-state index contributed by atoms with van der Waals surface area (Å²) in [5.41, 5.74) is 13.7. The van der Waals surface area contributed by atoms with Crippen LogP contribution in [0.4, 0.5) is 6.01 Å². The summed E-state index contributed by atoms with van der Waals surface area (Å²) in [6.07, 6.45) is 3.08. The van der Waals surface area contributed by atoms with Gasteiger partial charge in [-0.25, -0.2) is 0 Å². The molecule has 0 spiro atoms. The van der Waals surface area contributed by atoms with Crippen molar-refractivity contribution in [3.05, 3.63) is 35.4 Å². The van der Waals surface area contributed by atoms with Crippen molar-refractivity contribution >= 4 is 42.1 Å². The first-order valence-corrected chi connectivity index (χ1v) is 10.7. The van der Waals surface area contributed by atoms with Gasteiger partial charge in [0.1, 0.15) is 12.3 Å². The van der Waals surface area contributed by atoms with E-state index >= 15 is 0 Å². The van der Waals surface area contributed by atoms with Crippen molar-refractivity contribution in [2.24, 2.45) is 11.7 Å². The number of oxazole rings is 1. The molecular formula is C21H33N5O3S. The molecule has 2 aromatic rings. The van der Waals surface area contributed by atoms with Gasteiger partial charge in [0.15, 0.2) is 5.58 Å². The lowest BCUT2D eigenvalue weighted by Crippen LogP contribution is -2.34. The fourth-order valence-corrected chi connectivity index (χ4v) is 4.17. The monoisotopic (exact) mass is 435 g/mol. The summed E-state index contributed by atoms with van der Waals surface area (Å²) in [5, 5.41) is 4.35. The topological polar surface area (TPSA) is 127 Å². The molecule has 2 heterocycles. The number of benzene rings is 1. The molecule has 3 rings (SSSR count). The number of nitrogens with one attached hydrogen (secondary N) is 1. The predicted molar refractivity (Wildman–Crippen MR) is 124 cm³/mol. The van der Waals surface area contributed by atoms with E-state index in [1.807, 2.05) is 26.0 Å². The predicted octanol–water partition coefficient (Wildman–Crippen LogP) is 2.91. The van der Waals surface area contributed by atoms with E-state index < -0.39 is 0 Å². The quantitative estimate of drug-likeness (QED) is 0.567. The van der Waals surface area contributed by atoms with Crippen molar-refractivity contribution in [2.45, 2.75) is 38.0 Å². The zero-order valence-corrected chi connectivity index (χ0v) is 18.8. The second kappa shape index (κ2) is 12.9. The largest absolute Gasteiger partial charge is 0.424 e. The average molecular weight is 436 g/mol. The van der Waals surface area contributed by atoms with E-state index in [4.69, 9.17) is 20.7 Å². The Bertz CT molecular complexity index is 811. The maximum absolute atomic E-state index is 10.2. The van der Waals surface area contributed by atoms with Crippen LogP contribution in [0.3, 0.4) is 0 Å². The smallest absolute Gasteiger partial charge is 0.292 e. The number of likely N-dealkylation sites (tertiary alicyclic amines) is 1. The molecule has 0 bridgehead atoms. The van der Waals surface area contributed by atoms with Gasteiger partial charge < -0.3 is 30.9 Å². The molecule has 30 heavy (non-hydrogen) atoms. The minimum absolute atomic E-state index is 0.209. The molecule has 1 aromatic carbocycles. The van der Waals surface area contributed by atoms with Gasteiger partial charge in [-0.05, 0) is 36.5 Å². The molecule has 166 valence electrons. The fraction of sp³-hybridized carbons (Fsp3) is 0.476. The Hall–Kier alpha value is -2.52. The fourth-order valence-electron chi connectivity index (χ4n) is 3.19. The number of fused-ring (bicyclic) bond motifs is 1. The number of amides is 1. The summed E-state index contributed by atoms with van der Waals surface area (Å²) in [5.74, 6) is 0.483. The molecule has 1 aliphatic heterocycles. The van der Waals surface area contributed by atoms with Crippen LogP contribution in [0.25, 0.3) is 11.1 Å². The molecule has 0 radical (unpaired) electrons. The lowest BCUT2D eigenvalue weighted by molar-refractivity contribution is -0.118. The highest BCUT2D eigenvalue weighted by molar-refractivity contribution is 8.03. The van der Waals surface area contributed by atoms with Crippen LogP contribution in [-0.4, -0.2) is 49.3 Å². The molecular weight excluding hydrogens is 402 g/mol. The zero-order chi connectivity index (χ0) is 22.7. The summed E-state index contributed by atoms with van der Waals surface area (Å²) in [6, 6.07) is 6.55. The number of hydrogen-bond acceptors (Lipinski definition) is 8.